The summed E-state index contributed by atoms with van der Waals surface area (Å²) >= 11 is 12.7. The molecule has 0 aliphatic carbocycles. The number of pyridine rings is 1. The number of ether oxygens (including phenoxy) is 1. The first-order chi connectivity index (χ1) is 14.0. The van der Waals surface area contributed by atoms with Crippen molar-refractivity contribution < 1.29 is 9.53 Å². The van der Waals surface area contributed by atoms with Gasteiger partial charge in [0.1, 0.15) is 5.52 Å². The van der Waals surface area contributed by atoms with Crippen molar-refractivity contribution in [2.75, 3.05) is 33.2 Å². The second-order valence-corrected chi connectivity index (χ2v) is 8.01. The molecule has 0 unspecified atom stereocenters. The van der Waals surface area contributed by atoms with Crippen molar-refractivity contribution in [2.24, 2.45) is 0 Å². The average Bonchev–Trinajstić information content (AvgIpc) is 2.73. The number of halogens is 2. The van der Waals surface area contributed by atoms with E-state index in [1.54, 1.807) is 30.5 Å². The zero-order valence-corrected chi connectivity index (χ0v) is 17.6. The Kier molecular flexibility index (Phi) is 6.01. The molecule has 0 N–H and O–H groups in total. The third kappa shape index (κ3) is 4.38. The Labute approximate surface area is 179 Å². The van der Waals surface area contributed by atoms with Crippen molar-refractivity contribution >= 4 is 40.1 Å². The number of carbonyl (C=O) groups excluding carboxylic acids is 1. The predicted octanol–water partition coefficient (Wildman–Crippen LogP) is 4.51. The number of benzene rings is 2. The van der Waals surface area contributed by atoms with Gasteiger partial charge in [0.25, 0.3) is 0 Å². The standard InChI is InChI=1S/C22H21Cl2N3O2/c1-26-9-11-27(12-10-26)14-15-13-19(24)16-6-4-8-25-20(16)21(15)29-22(28)17-5-2-3-7-18(17)23/h2-8,13H,9-12,14H2,1H3. The average molecular weight is 430 g/mol. The lowest BCUT2D eigenvalue weighted by Gasteiger charge is -2.32. The Bertz CT molecular complexity index is 1050. The number of nitrogens with zero attached hydrogens (tertiary/aromatic N) is 3. The first-order valence-corrected chi connectivity index (χ1v) is 10.2. The van der Waals surface area contributed by atoms with Crippen LogP contribution in [0.25, 0.3) is 10.9 Å². The van der Waals surface area contributed by atoms with Crippen LogP contribution in [0.15, 0.2) is 48.7 Å². The van der Waals surface area contributed by atoms with Gasteiger partial charge in [0.2, 0.25) is 0 Å². The summed E-state index contributed by atoms with van der Waals surface area (Å²) in [6, 6.07) is 12.4. The van der Waals surface area contributed by atoms with Crippen molar-refractivity contribution in [1.29, 1.82) is 0 Å². The molecule has 0 spiro atoms. The van der Waals surface area contributed by atoms with Crippen LogP contribution in [0.3, 0.4) is 0 Å². The molecule has 2 aromatic carbocycles. The SMILES string of the molecule is CN1CCN(Cc2cc(Cl)c3cccnc3c2OC(=O)c2ccccc2Cl)CC1. The van der Waals surface area contributed by atoms with E-state index in [1.807, 2.05) is 18.2 Å². The molecular formula is C22H21Cl2N3O2. The first kappa shape index (κ1) is 20.1. The van der Waals surface area contributed by atoms with E-state index >= 15 is 0 Å². The largest absolute Gasteiger partial charge is 0.420 e. The lowest BCUT2D eigenvalue weighted by Crippen LogP contribution is -2.43. The maximum atomic E-state index is 12.9. The lowest BCUT2D eigenvalue weighted by molar-refractivity contribution is 0.0732. The summed E-state index contributed by atoms with van der Waals surface area (Å²) in [6.45, 7) is 4.49. The van der Waals surface area contributed by atoms with E-state index < -0.39 is 5.97 Å². The summed E-state index contributed by atoms with van der Waals surface area (Å²) in [4.78, 5) is 21.9. The number of hydrogen-bond donors (Lipinski definition) is 0. The summed E-state index contributed by atoms with van der Waals surface area (Å²) < 4.78 is 5.86. The van der Waals surface area contributed by atoms with Gasteiger partial charge in [-0.25, -0.2) is 4.79 Å². The van der Waals surface area contributed by atoms with Gasteiger partial charge < -0.3 is 9.64 Å². The Hall–Kier alpha value is -2.18. The molecule has 150 valence electrons. The Morgan fingerprint density at radius 3 is 2.59 bits per heavy atom. The number of hydrogen-bond acceptors (Lipinski definition) is 5. The zero-order chi connectivity index (χ0) is 20.4. The maximum Gasteiger partial charge on any atom is 0.345 e. The molecule has 0 bridgehead atoms. The van der Waals surface area contributed by atoms with Crippen molar-refractivity contribution in [3.63, 3.8) is 0 Å². The zero-order valence-electron chi connectivity index (χ0n) is 16.1. The molecule has 7 heteroatoms. The minimum atomic E-state index is -0.510. The van der Waals surface area contributed by atoms with E-state index in [9.17, 15) is 4.79 Å². The summed E-state index contributed by atoms with van der Waals surface area (Å²) in [5.74, 6) is -0.0710. The summed E-state index contributed by atoms with van der Waals surface area (Å²) in [5.41, 5.74) is 1.73. The van der Waals surface area contributed by atoms with Gasteiger partial charge >= 0.3 is 5.97 Å². The van der Waals surface area contributed by atoms with Gasteiger partial charge in [-0.3, -0.25) is 9.88 Å². The molecule has 2 heterocycles. The van der Waals surface area contributed by atoms with E-state index in [0.29, 0.717) is 33.4 Å². The summed E-state index contributed by atoms with van der Waals surface area (Å²) in [5, 5.41) is 1.69. The van der Waals surface area contributed by atoms with Crippen molar-refractivity contribution in [1.82, 2.24) is 14.8 Å². The third-order valence-electron chi connectivity index (χ3n) is 5.15. The van der Waals surface area contributed by atoms with E-state index in [4.69, 9.17) is 27.9 Å². The molecule has 1 saturated heterocycles. The van der Waals surface area contributed by atoms with Gasteiger partial charge in [-0.15, -0.1) is 0 Å². The van der Waals surface area contributed by atoms with Gasteiger partial charge in [0.15, 0.2) is 5.75 Å². The van der Waals surface area contributed by atoms with E-state index in [0.717, 1.165) is 37.1 Å². The normalized spacial score (nSPS) is 15.6. The van der Waals surface area contributed by atoms with Crippen LogP contribution in [0.2, 0.25) is 10.0 Å². The molecule has 1 fully saturated rings. The van der Waals surface area contributed by atoms with Crippen LogP contribution >= 0.6 is 23.2 Å². The molecule has 4 rings (SSSR count). The van der Waals surface area contributed by atoms with Crippen LogP contribution in [0.1, 0.15) is 15.9 Å². The quantitative estimate of drug-likeness (QED) is 0.450. The van der Waals surface area contributed by atoms with Crippen LogP contribution in [0, 0.1) is 0 Å². The highest BCUT2D eigenvalue weighted by molar-refractivity contribution is 6.36. The topological polar surface area (TPSA) is 45.7 Å². The van der Waals surface area contributed by atoms with Crippen LogP contribution < -0.4 is 4.74 Å². The predicted molar refractivity (Wildman–Crippen MR) is 116 cm³/mol. The molecule has 1 aromatic heterocycles. The molecule has 0 amide bonds. The number of piperazine rings is 1. The molecule has 3 aromatic rings. The number of likely N-dealkylation sites (N-methyl/N-ethyl adjacent to an activating group) is 1. The minimum absolute atomic E-state index is 0.318. The molecule has 1 aliphatic rings. The van der Waals surface area contributed by atoms with E-state index in [-0.39, 0.29) is 0 Å². The van der Waals surface area contributed by atoms with Gasteiger partial charge in [-0.05, 0) is 37.4 Å². The van der Waals surface area contributed by atoms with Gasteiger partial charge in [-0.1, -0.05) is 35.3 Å². The Morgan fingerprint density at radius 1 is 1.07 bits per heavy atom. The highest BCUT2D eigenvalue weighted by Gasteiger charge is 2.22. The van der Waals surface area contributed by atoms with E-state index in [1.165, 1.54) is 0 Å². The second kappa shape index (κ2) is 8.67. The molecule has 0 atom stereocenters. The smallest absolute Gasteiger partial charge is 0.345 e. The fourth-order valence-electron chi connectivity index (χ4n) is 3.48. The summed E-state index contributed by atoms with van der Waals surface area (Å²) in [6.07, 6.45) is 1.67. The number of esters is 1. The van der Waals surface area contributed by atoms with Crippen LogP contribution in [0.5, 0.6) is 5.75 Å². The minimum Gasteiger partial charge on any atom is -0.420 e. The van der Waals surface area contributed by atoms with E-state index in [2.05, 4.69) is 21.8 Å². The Morgan fingerprint density at radius 2 is 1.83 bits per heavy atom. The number of rotatable bonds is 4. The molecule has 1 aliphatic heterocycles. The number of carbonyl (C=O) groups is 1. The molecule has 0 radical (unpaired) electrons. The molecule has 29 heavy (non-hydrogen) atoms. The monoisotopic (exact) mass is 429 g/mol. The number of aromatic nitrogens is 1. The maximum absolute atomic E-state index is 12.9. The molecule has 0 saturated carbocycles. The summed E-state index contributed by atoms with van der Waals surface area (Å²) in [7, 11) is 2.12. The van der Waals surface area contributed by atoms with Crippen LogP contribution in [0.4, 0.5) is 0 Å². The van der Waals surface area contributed by atoms with Gasteiger partial charge in [0, 0.05) is 49.9 Å². The van der Waals surface area contributed by atoms with Gasteiger partial charge in [0.05, 0.1) is 15.6 Å². The Balaban J connectivity index is 1.73. The third-order valence-corrected chi connectivity index (χ3v) is 5.79. The van der Waals surface area contributed by atoms with Crippen molar-refractivity contribution in [2.45, 2.75) is 6.54 Å². The van der Waals surface area contributed by atoms with Crippen molar-refractivity contribution in [3.05, 3.63) is 69.8 Å². The van der Waals surface area contributed by atoms with Crippen molar-refractivity contribution in [3.8, 4) is 5.75 Å². The highest BCUT2D eigenvalue weighted by Crippen LogP contribution is 2.35. The lowest BCUT2D eigenvalue weighted by atomic mass is 10.1. The van der Waals surface area contributed by atoms with Gasteiger partial charge in [-0.2, -0.15) is 0 Å². The van der Waals surface area contributed by atoms with Crippen LogP contribution in [-0.4, -0.2) is 54.0 Å². The van der Waals surface area contributed by atoms with Crippen LogP contribution in [-0.2, 0) is 6.54 Å². The molecule has 5 nitrogen and oxygen atoms in total. The molecular weight excluding hydrogens is 409 g/mol. The second-order valence-electron chi connectivity index (χ2n) is 7.19. The fraction of sp³-hybridized carbons (Fsp3) is 0.273. The first-order valence-electron chi connectivity index (χ1n) is 9.46. The number of fused-ring (bicyclic) bond motifs is 1. The highest BCUT2D eigenvalue weighted by atomic mass is 35.5. The fourth-order valence-corrected chi connectivity index (χ4v) is 3.98.